The Morgan fingerprint density at radius 2 is 2.25 bits per heavy atom. The minimum atomic E-state index is -0.973. The van der Waals surface area contributed by atoms with Gasteiger partial charge >= 0.3 is 12.0 Å². The molecular formula is C13H25N3O3S. The summed E-state index contributed by atoms with van der Waals surface area (Å²) >= 11 is 1.57. The number of nitrogens with zero attached hydrogens (tertiary/aromatic N) is 2. The molecule has 1 aliphatic rings. The molecule has 0 radical (unpaired) electrons. The van der Waals surface area contributed by atoms with Gasteiger partial charge in [0.1, 0.15) is 6.04 Å². The molecule has 116 valence electrons. The Morgan fingerprint density at radius 1 is 1.55 bits per heavy atom. The van der Waals surface area contributed by atoms with E-state index in [1.54, 1.807) is 23.7 Å². The first kappa shape index (κ1) is 17.1. The van der Waals surface area contributed by atoms with Gasteiger partial charge in [-0.1, -0.05) is 0 Å². The van der Waals surface area contributed by atoms with Crippen LogP contribution in [0.5, 0.6) is 0 Å². The van der Waals surface area contributed by atoms with Crippen LogP contribution in [0, 0.1) is 0 Å². The third-order valence-electron chi connectivity index (χ3n) is 3.71. The van der Waals surface area contributed by atoms with Crippen LogP contribution in [-0.2, 0) is 4.79 Å². The number of hydrogen-bond acceptors (Lipinski definition) is 4. The van der Waals surface area contributed by atoms with Gasteiger partial charge in [0.05, 0.1) is 0 Å². The second-order valence-corrected chi connectivity index (χ2v) is 6.26. The van der Waals surface area contributed by atoms with Gasteiger partial charge in [0.25, 0.3) is 0 Å². The van der Waals surface area contributed by atoms with Crippen molar-refractivity contribution in [3.8, 4) is 0 Å². The zero-order valence-corrected chi connectivity index (χ0v) is 13.3. The lowest BCUT2D eigenvalue weighted by atomic mass is 10.2. The summed E-state index contributed by atoms with van der Waals surface area (Å²) in [5.74, 6) is -0.259. The van der Waals surface area contributed by atoms with E-state index < -0.39 is 12.0 Å². The predicted octanol–water partition coefficient (Wildman–Crippen LogP) is 0.928. The molecule has 6 nitrogen and oxygen atoms in total. The molecule has 2 N–H and O–H groups in total. The van der Waals surface area contributed by atoms with E-state index in [9.17, 15) is 9.59 Å². The Kier molecular flexibility index (Phi) is 7.15. The Bertz CT molecular complexity index is 341. The van der Waals surface area contributed by atoms with Crippen molar-refractivity contribution in [2.24, 2.45) is 0 Å². The highest BCUT2D eigenvalue weighted by atomic mass is 32.2. The summed E-state index contributed by atoms with van der Waals surface area (Å²) in [5.41, 5.74) is 0. The van der Waals surface area contributed by atoms with Crippen molar-refractivity contribution in [1.29, 1.82) is 0 Å². The molecule has 0 aromatic carbocycles. The molecule has 1 heterocycles. The molecule has 0 spiro atoms. The minimum absolute atomic E-state index is 0.307. The molecule has 1 saturated heterocycles. The Hall–Kier alpha value is -0.950. The van der Waals surface area contributed by atoms with Gasteiger partial charge in [-0.2, -0.15) is 11.8 Å². The normalized spacial score (nSPS) is 20.6. The van der Waals surface area contributed by atoms with Crippen LogP contribution in [0.2, 0.25) is 0 Å². The van der Waals surface area contributed by atoms with Crippen LogP contribution in [0.15, 0.2) is 0 Å². The maximum Gasteiger partial charge on any atom is 0.326 e. The number of carbonyl (C=O) groups excluding carboxylic acids is 1. The molecule has 0 aromatic heterocycles. The maximum atomic E-state index is 12.0. The Balaban J connectivity index is 2.44. The Labute approximate surface area is 124 Å². The second-order valence-electron chi connectivity index (χ2n) is 5.28. The number of urea groups is 1. The highest BCUT2D eigenvalue weighted by Gasteiger charge is 2.26. The number of likely N-dealkylation sites (tertiary alicyclic amines) is 1. The molecule has 0 bridgehead atoms. The van der Waals surface area contributed by atoms with E-state index in [1.807, 2.05) is 6.26 Å². The van der Waals surface area contributed by atoms with Crippen LogP contribution in [-0.4, -0.2) is 78.2 Å². The van der Waals surface area contributed by atoms with E-state index in [-0.39, 0.29) is 6.03 Å². The fourth-order valence-electron chi connectivity index (χ4n) is 2.36. The van der Waals surface area contributed by atoms with Crippen LogP contribution in [0.3, 0.4) is 0 Å². The van der Waals surface area contributed by atoms with E-state index in [1.165, 1.54) is 0 Å². The summed E-state index contributed by atoms with van der Waals surface area (Å²) in [7, 11) is 3.77. The van der Waals surface area contributed by atoms with Gasteiger partial charge in [-0.25, -0.2) is 9.59 Å². The maximum absolute atomic E-state index is 12.0. The second kappa shape index (κ2) is 8.36. The van der Waals surface area contributed by atoms with E-state index in [2.05, 4.69) is 17.3 Å². The van der Waals surface area contributed by atoms with Gasteiger partial charge in [-0.05, 0) is 44.9 Å². The number of amides is 2. The van der Waals surface area contributed by atoms with Crippen molar-refractivity contribution < 1.29 is 14.7 Å². The number of nitrogens with one attached hydrogen (secondary N) is 1. The lowest BCUT2D eigenvalue weighted by Gasteiger charge is -2.27. The highest BCUT2D eigenvalue weighted by molar-refractivity contribution is 7.98. The predicted molar refractivity (Wildman–Crippen MR) is 81.2 cm³/mol. The highest BCUT2D eigenvalue weighted by Crippen LogP contribution is 2.15. The number of carboxylic acid groups (broad SMARTS) is 1. The van der Waals surface area contributed by atoms with Crippen molar-refractivity contribution in [2.75, 3.05) is 39.2 Å². The fraction of sp³-hybridized carbons (Fsp3) is 0.846. The van der Waals surface area contributed by atoms with E-state index in [0.717, 1.165) is 19.4 Å². The molecule has 2 atom stereocenters. The molecular weight excluding hydrogens is 278 g/mol. The molecule has 1 fully saturated rings. The average molecular weight is 303 g/mol. The molecule has 0 aromatic rings. The van der Waals surface area contributed by atoms with Crippen molar-refractivity contribution in [2.45, 2.75) is 31.3 Å². The quantitative estimate of drug-likeness (QED) is 0.732. The van der Waals surface area contributed by atoms with Gasteiger partial charge in [0, 0.05) is 19.6 Å². The topological polar surface area (TPSA) is 72.9 Å². The van der Waals surface area contributed by atoms with Crippen LogP contribution in [0.25, 0.3) is 0 Å². The van der Waals surface area contributed by atoms with Crippen molar-refractivity contribution >= 4 is 23.8 Å². The molecule has 0 aliphatic carbocycles. The summed E-state index contributed by atoms with van der Waals surface area (Å²) < 4.78 is 0. The molecule has 1 unspecified atom stereocenters. The van der Waals surface area contributed by atoms with E-state index in [0.29, 0.717) is 24.8 Å². The summed E-state index contributed by atoms with van der Waals surface area (Å²) in [6.45, 7) is 1.70. The zero-order valence-electron chi connectivity index (χ0n) is 12.5. The summed E-state index contributed by atoms with van der Waals surface area (Å²) in [6, 6.07) is -0.738. The molecule has 7 heteroatoms. The van der Waals surface area contributed by atoms with Crippen LogP contribution in [0.4, 0.5) is 4.79 Å². The number of thioether (sulfide) groups is 1. The number of carbonyl (C=O) groups is 2. The molecule has 2 amide bonds. The number of hydrogen-bond donors (Lipinski definition) is 2. The fourth-order valence-corrected chi connectivity index (χ4v) is 2.83. The lowest BCUT2D eigenvalue weighted by molar-refractivity contribution is -0.139. The summed E-state index contributed by atoms with van der Waals surface area (Å²) in [6.07, 6.45) is 4.60. The number of carboxylic acids is 1. The first-order valence-electron chi connectivity index (χ1n) is 6.89. The van der Waals surface area contributed by atoms with E-state index >= 15 is 0 Å². The molecule has 1 aliphatic heterocycles. The van der Waals surface area contributed by atoms with Gasteiger partial charge in [-0.15, -0.1) is 0 Å². The van der Waals surface area contributed by atoms with Crippen LogP contribution >= 0.6 is 11.8 Å². The number of likely N-dealkylation sites (N-methyl/N-ethyl adjacent to an activating group) is 2. The first-order chi connectivity index (χ1) is 9.45. The van der Waals surface area contributed by atoms with Crippen molar-refractivity contribution in [3.63, 3.8) is 0 Å². The van der Waals surface area contributed by atoms with Gasteiger partial charge in [0.15, 0.2) is 0 Å². The van der Waals surface area contributed by atoms with Gasteiger partial charge < -0.3 is 20.2 Å². The minimum Gasteiger partial charge on any atom is -0.480 e. The zero-order chi connectivity index (χ0) is 15.1. The van der Waals surface area contributed by atoms with E-state index in [4.69, 9.17) is 5.11 Å². The van der Waals surface area contributed by atoms with Crippen LogP contribution < -0.4 is 5.32 Å². The molecule has 1 rings (SSSR count). The third kappa shape index (κ3) is 5.20. The third-order valence-corrected chi connectivity index (χ3v) is 4.35. The molecule has 0 saturated carbocycles. The average Bonchev–Trinajstić information content (AvgIpc) is 2.79. The lowest BCUT2D eigenvalue weighted by Crippen LogP contribution is -2.49. The van der Waals surface area contributed by atoms with Crippen molar-refractivity contribution in [1.82, 2.24) is 15.1 Å². The van der Waals surface area contributed by atoms with Gasteiger partial charge in [0.2, 0.25) is 0 Å². The standard InChI is InChI=1S/C13H25N3O3S/c1-15-7-4-5-10(15)9-16(2)13(19)14-11(12(17)18)6-8-20-3/h10-11H,4-9H2,1-3H3,(H,14,19)(H,17,18)/t10?,11-/m1/s1. The summed E-state index contributed by atoms with van der Waals surface area (Å²) in [5, 5.41) is 11.7. The number of aliphatic carboxylic acids is 1. The smallest absolute Gasteiger partial charge is 0.326 e. The summed E-state index contributed by atoms with van der Waals surface area (Å²) in [4.78, 5) is 27.0. The van der Waals surface area contributed by atoms with Crippen LogP contribution in [0.1, 0.15) is 19.3 Å². The Morgan fingerprint density at radius 3 is 2.75 bits per heavy atom. The SMILES string of the molecule is CSCC[C@@H](NC(=O)N(C)CC1CCCN1C)C(=O)O. The molecule has 20 heavy (non-hydrogen) atoms. The van der Waals surface area contributed by atoms with Gasteiger partial charge in [-0.3, -0.25) is 0 Å². The largest absolute Gasteiger partial charge is 0.480 e. The van der Waals surface area contributed by atoms with Crippen molar-refractivity contribution in [3.05, 3.63) is 0 Å². The first-order valence-corrected chi connectivity index (χ1v) is 8.28. The number of rotatable bonds is 7. The monoisotopic (exact) mass is 303 g/mol.